The van der Waals surface area contributed by atoms with Crippen LogP contribution >= 0.6 is 11.3 Å². The van der Waals surface area contributed by atoms with E-state index >= 15 is 0 Å². The van der Waals surface area contributed by atoms with Crippen molar-refractivity contribution in [2.24, 2.45) is 0 Å². The first kappa shape index (κ1) is 17.6. The minimum atomic E-state index is -3.58. The number of fused-ring (bicyclic) bond motifs is 1. The van der Waals surface area contributed by atoms with Gasteiger partial charge in [0.05, 0.1) is 11.8 Å². The molecule has 25 heavy (non-hydrogen) atoms. The van der Waals surface area contributed by atoms with E-state index < -0.39 is 10.0 Å². The van der Waals surface area contributed by atoms with Crippen LogP contribution in [0.25, 0.3) is 0 Å². The molecule has 1 amide bonds. The van der Waals surface area contributed by atoms with E-state index in [1.165, 1.54) is 42.5 Å². The van der Waals surface area contributed by atoms with Gasteiger partial charge in [0.25, 0.3) is 0 Å². The van der Waals surface area contributed by atoms with Crippen molar-refractivity contribution in [2.75, 3.05) is 19.4 Å². The first-order valence-electron chi connectivity index (χ1n) is 7.62. The van der Waals surface area contributed by atoms with E-state index in [2.05, 4.69) is 16.5 Å². The van der Waals surface area contributed by atoms with Crippen molar-refractivity contribution in [3.8, 4) is 6.07 Å². The number of nitriles is 1. The van der Waals surface area contributed by atoms with Crippen LogP contribution in [-0.2, 0) is 34.2 Å². The fourth-order valence-corrected chi connectivity index (χ4v) is 4.81. The lowest BCUT2D eigenvalue weighted by Gasteiger charge is -2.08. The van der Waals surface area contributed by atoms with Gasteiger partial charge < -0.3 is 5.32 Å². The maximum Gasteiger partial charge on any atom is 0.246 e. The molecule has 8 nitrogen and oxygen atoms in total. The van der Waals surface area contributed by atoms with Gasteiger partial charge in [-0.1, -0.05) is 0 Å². The molecule has 0 atom stereocenters. The summed E-state index contributed by atoms with van der Waals surface area (Å²) >= 11 is 1.44. The largest absolute Gasteiger partial charge is 0.315 e. The molecule has 10 heteroatoms. The Balaban J connectivity index is 1.73. The van der Waals surface area contributed by atoms with Crippen LogP contribution in [0.2, 0.25) is 0 Å². The Morgan fingerprint density at radius 2 is 2.24 bits per heavy atom. The lowest BCUT2D eigenvalue weighted by atomic mass is 10.1. The van der Waals surface area contributed by atoms with Gasteiger partial charge in [-0.2, -0.15) is 10.4 Å². The van der Waals surface area contributed by atoms with Crippen LogP contribution in [0, 0.1) is 11.3 Å². The van der Waals surface area contributed by atoms with Crippen molar-refractivity contribution in [1.29, 1.82) is 5.26 Å². The second-order valence-corrected chi connectivity index (χ2v) is 9.14. The highest BCUT2D eigenvalue weighted by Gasteiger charge is 2.24. The smallest absolute Gasteiger partial charge is 0.246 e. The lowest BCUT2D eigenvalue weighted by molar-refractivity contribution is -0.116. The Morgan fingerprint density at radius 3 is 2.92 bits per heavy atom. The molecule has 0 bridgehead atoms. The molecule has 132 valence electrons. The molecule has 2 heterocycles. The lowest BCUT2D eigenvalue weighted by Crippen LogP contribution is -2.22. The molecule has 3 rings (SSSR count). The molecular weight excluding hydrogens is 362 g/mol. The summed E-state index contributed by atoms with van der Waals surface area (Å²) in [5.41, 5.74) is 1.59. The first-order valence-corrected chi connectivity index (χ1v) is 9.88. The Hall–Kier alpha value is -2.22. The van der Waals surface area contributed by atoms with Crippen molar-refractivity contribution < 1.29 is 13.2 Å². The maximum absolute atomic E-state index is 12.2. The Kier molecular flexibility index (Phi) is 4.64. The second-order valence-electron chi connectivity index (χ2n) is 5.88. The van der Waals surface area contributed by atoms with Crippen LogP contribution in [0.5, 0.6) is 0 Å². The van der Waals surface area contributed by atoms with Crippen LogP contribution in [0.15, 0.2) is 17.3 Å². The SMILES string of the molecule is CN(C)S(=O)(=O)c1cnn(CC(=O)Nc2sc3c(c2C#N)CCC3)c1. The molecule has 0 spiro atoms. The minimum Gasteiger partial charge on any atom is -0.315 e. The maximum atomic E-state index is 12.2. The number of thiophene rings is 1. The third kappa shape index (κ3) is 3.30. The summed E-state index contributed by atoms with van der Waals surface area (Å²) in [6, 6.07) is 2.17. The van der Waals surface area contributed by atoms with Gasteiger partial charge in [-0.05, 0) is 24.8 Å². The van der Waals surface area contributed by atoms with E-state index in [4.69, 9.17) is 0 Å². The highest BCUT2D eigenvalue weighted by molar-refractivity contribution is 7.89. The zero-order valence-electron chi connectivity index (χ0n) is 13.8. The standard InChI is InChI=1S/C15H17N5O3S2/c1-19(2)25(22,23)10-7-17-20(8-10)9-14(21)18-15-12(6-16)11-4-3-5-13(11)24-15/h7-8H,3-5,9H2,1-2H3,(H,18,21). The summed E-state index contributed by atoms with van der Waals surface area (Å²) in [6.45, 7) is -0.129. The number of nitrogens with one attached hydrogen (secondary N) is 1. The Bertz CT molecular complexity index is 966. The number of aromatic nitrogens is 2. The van der Waals surface area contributed by atoms with Gasteiger partial charge in [0.15, 0.2) is 0 Å². The summed E-state index contributed by atoms with van der Waals surface area (Å²) in [5, 5.41) is 16.6. The van der Waals surface area contributed by atoms with E-state index in [1.54, 1.807) is 0 Å². The molecule has 0 aromatic carbocycles. The van der Waals surface area contributed by atoms with Crippen LogP contribution in [0.3, 0.4) is 0 Å². The van der Waals surface area contributed by atoms with E-state index in [-0.39, 0.29) is 17.3 Å². The second kappa shape index (κ2) is 6.59. The predicted molar refractivity (Wildman–Crippen MR) is 92.8 cm³/mol. The fourth-order valence-electron chi connectivity index (χ4n) is 2.70. The number of anilines is 1. The number of hydrogen-bond donors (Lipinski definition) is 1. The van der Waals surface area contributed by atoms with E-state index in [9.17, 15) is 18.5 Å². The van der Waals surface area contributed by atoms with Crippen LogP contribution in [0.4, 0.5) is 5.00 Å². The summed E-state index contributed by atoms with van der Waals surface area (Å²) in [4.78, 5) is 13.4. The molecule has 1 N–H and O–H groups in total. The predicted octanol–water partition coefficient (Wildman–Crippen LogP) is 1.19. The quantitative estimate of drug-likeness (QED) is 0.840. The van der Waals surface area contributed by atoms with Crippen molar-refractivity contribution >= 4 is 32.3 Å². The van der Waals surface area contributed by atoms with Crippen LogP contribution < -0.4 is 5.32 Å². The van der Waals surface area contributed by atoms with E-state index in [1.807, 2.05) is 0 Å². The summed E-state index contributed by atoms with van der Waals surface area (Å²) in [7, 11) is -0.723. The molecule has 1 aliphatic rings. The number of amides is 1. The van der Waals surface area contributed by atoms with Gasteiger partial charge in [-0.25, -0.2) is 12.7 Å². The molecule has 0 saturated heterocycles. The highest BCUT2D eigenvalue weighted by Crippen LogP contribution is 2.38. The molecule has 0 radical (unpaired) electrons. The number of carbonyl (C=O) groups is 1. The van der Waals surface area contributed by atoms with Crippen molar-refractivity contribution in [3.63, 3.8) is 0 Å². The number of nitrogens with zero attached hydrogens (tertiary/aromatic N) is 4. The average Bonchev–Trinajstić information content (AvgIpc) is 3.22. The first-order chi connectivity index (χ1) is 11.8. The number of hydrogen-bond acceptors (Lipinski definition) is 6. The van der Waals surface area contributed by atoms with Gasteiger partial charge >= 0.3 is 0 Å². The van der Waals surface area contributed by atoms with E-state index in [0.717, 1.165) is 34.0 Å². The third-order valence-electron chi connectivity index (χ3n) is 3.98. The van der Waals surface area contributed by atoms with Crippen LogP contribution in [-0.4, -0.2) is 42.5 Å². The van der Waals surface area contributed by atoms with Gasteiger partial charge in [-0.3, -0.25) is 9.48 Å². The molecule has 0 unspecified atom stereocenters. The zero-order chi connectivity index (χ0) is 18.2. The third-order valence-corrected chi connectivity index (χ3v) is 6.95. The monoisotopic (exact) mass is 379 g/mol. The minimum absolute atomic E-state index is 0.0260. The topological polar surface area (TPSA) is 108 Å². The number of sulfonamides is 1. The average molecular weight is 379 g/mol. The van der Waals surface area contributed by atoms with Crippen molar-refractivity contribution in [1.82, 2.24) is 14.1 Å². The Morgan fingerprint density at radius 1 is 1.48 bits per heavy atom. The van der Waals surface area contributed by atoms with Gasteiger partial charge in [-0.15, -0.1) is 11.3 Å². The fraction of sp³-hybridized carbons (Fsp3) is 0.400. The molecule has 1 aliphatic carbocycles. The molecule has 2 aromatic rings. The summed E-state index contributed by atoms with van der Waals surface area (Å²) < 4.78 is 26.4. The van der Waals surface area contributed by atoms with Gasteiger partial charge in [0.2, 0.25) is 15.9 Å². The normalized spacial score (nSPS) is 13.7. The number of rotatable bonds is 5. The number of carbonyl (C=O) groups excluding carboxylic acids is 1. The Labute approximate surface area is 149 Å². The number of aryl methyl sites for hydroxylation is 1. The molecule has 0 saturated carbocycles. The van der Waals surface area contributed by atoms with Crippen molar-refractivity contribution in [3.05, 3.63) is 28.4 Å². The highest BCUT2D eigenvalue weighted by atomic mass is 32.2. The molecule has 0 fully saturated rings. The van der Waals surface area contributed by atoms with Gasteiger partial charge in [0, 0.05) is 25.2 Å². The molecule has 0 aliphatic heterocycles. The van der Waals surface area contributed by atoms with Gasteiger partial charge in [0.1, 0.15) is 22.5 Å². The zero-order valence-corrected chi connectivity index (χ0v) is 15.4. The van der Waals surface area contributed by atoms with Crippen molar-refractivity contribution in [2.45, 2.75) is 30.7 Å². The molecular formula is C15H17N5O3S2. The summed E-state index contributed by atoms with van der Waals surface area (Å²) in [6.07, 6.45) is 5.38. The molecule has 2 aromatic heterocycles. The summed E-state index contributed by atoms with van der Waals surface area (Å²) in [5.74, 6) is -0.353. The van der Waals surface area contributed by atoms with Crippen LogP contribution in [0.1, 0.15) is 22.4 Å². The van der Waals surface area contributed by atoms with E-state index in [0.29, 0.717) is 10.6 Å².